The zero-order valence-corrected chi connectivity index (χ0v) is 6.95. The van der Waals surface area contributed by atoms with E-state index in [9.17, 15) is 10.2 Å². The van der Waals surface area contributed by atoms with E-state index >= 15 is 0 Å². The molecule has 0 aliphatic heterocycles. The Morgan fingerprint density at radius 3 is 1.77 bits per heavy atom. The van der Waals surface area contributed by atoms with E-state index in [1.54, 1.807) is 0 Å². The van der Waals surface area contributed by atoms with Crippen molar-refractivity contribution < 1.29 is 24.1 Å². The Hall–Kier alpha value is -1.52. The maximum Gasteiger partial charge on any atom is 0.336 e. The van der Waals surface area contributed by atoms with Crippen molar-refractivity contribution in [2.45, 2.75) is 25.7 Å². The van der Waals surface area contributed by atoms with E-state index in [4.69, 9.17) is 0 Å². The minimum absolute atomic E-state index is 0.321. The lowest BCUT2D eigenvalue weighted by molar-refractivity contribution is -0.194. The number of hydrogen-bond donors (Lipinski definition) is 2. The first-order chi connectivity index (χ1) is 6.29. The summed E-state index contributed by atoms with van der Waals surface area (Å²) in [6.07, 6.45) is 3.24. The monoisotopic (exact) mass is 186 g/mol. The Bertz CT molecular complexity index is 310. The number of hydrogen-bond acceptors (Lipinski definition) is 5. The molecule has 0 amide bonds. The fourth-order valence-electron chi connectivity index (χ4n) is 1.56. The third-order valence-electron chi connectivity index (χ3n) is 2.21. The largest absolute Gasteiger partial charge is 0.478 e. The highest BCUT2D eigenvalue weighted by Crippen LogP contribution is 2.32. The molecule has 1 aromatic heterocycles. The fourth-order valence-corrected chi connectivity index (χ4v) is 1.56. The van der Waals surface area contributed by atoms with Gasteiger partial charge in [0, 0.05) is 11.1 Å². The molecular formula is C8H10O5. The molecule has 0 fully saturated rings. The van der Waals surface area contributed by atoms with Crippen LogP contribution in [0.5, 0.6) is 11.9 Å². The predicted molar refractivity (Wildman–Crippen MR) is 40.8 cm³/mol. The topological polar surface area (TPSA) is 79.9 Å². The van der Waals surface area contributed by atoms with Crippen LogP contribution in [-0.2, 0) is 12.8 Å². The minimum Gasteiger partial charge on any atom is -0.478 e. The van der Waals surface area contributed by atoms with E-state index in [2.05, 4.69) is 13.9 Å². The third-order valence-corrected chi connectivity index (χ3v) is 2.21. The van der Waals surface area contributed by atoms with Crippen LogP contribution < -0.4 is 0 Å². The van der Waals surface area contributed by atoms with Crippen molar-refractivity contribution in [3.63, 3.8) is 0 Å². The Labute approximate surface area is 73.7 Å². The summed E-state index contributed by atoms with van der Waals surface area (Å²) in [7, 11) is 0. The zero-order valence-electron chi connectivity index (χ0n) is 6.95. The smallest absolute Gasteiger partial charge is 0.336 e. The molecule has 0 saturated heterocycles. The van der Waals surface area contributed by atoms with Gasteiger partial charge in [-0.2, -0.15) is 0 Å². The average Bonchev–Trinajstić information content (AvgIpc) is 2.29. The number of rotatable bonds is 0. The maximum atomic E-state index is 9.31. The second kappa shape index (κ2) is 3.08. The minimum atomic E-state index is -0.321. The van der Waals surface area contributed by atoms with Gasteiger partial charge in [-0.25, -0.2) is 9.15 Å². The van der Waals surface area contributed by atoms with Gasteiger partial charge in [-0.15, -0.1) is 0 Å². The molecule has 1 heterocycles. The van der Waals surface area contributed by atoms with Crippen molar-refractivity contribution >= 4 is 0 Å². The summed E-state index contributed by atoms with van der Waals surface area (Å²) in [6, 6.07) is 0. The highest BCUT2D eigenvalue weighted by molar-refractivity contribution is 5.36. The van der Waals surface area contributed by atoms with Gasteiger partial charge in [0.2, 0.25) is 0 Å². The molecular weight excluding hydrogens is 176 g/mol. The van der Waals surface area contributed by atoms with E-state index < -0.39 is 0 Å². The van der Waals surface area contributed by atoms with Gasteiger partial charge in [0.15, 0.2) is 0 Å². The van der Waals surface area contributed by atoms with E-state index in [1.807, 2.05) is 0 Å². The summed E-state index contributed by atoms with van der Waals surface area (Å²) in [6.45, 7) is 0. The lowest BCUT2D eigenvalue weighted by atomic mass is 9.94. The first-order valence-electron chi connectivity index (χ1n) is 4.15. The van der Waals surface area contributed by atoms with E-state index in [0.29, 0.717) is 24.0 Å². The Morgan fingerprint density at radius 2 is 1.31 bits per heavy atom. The molecule has 5 heteroatoms. The summed E-state index contributed by atoms with van der Waals surface area (Å²) < 4.78 is 12.8. The van der Waals surface area contributed by atoms with Gasteiger partial charge in [-0.3, -0.25) is 0 Å². The van der Waals surface area contributed by atoms with Crippen LogP contribution in [0, 0.1) is 0 Å². The Balaban J connectivity index is 2.65. The number of fused-ring (bicyclic) bond motifs is 1. The van der Waals surface area contributed by atoms with Crippen molar-refractivity contribution in [1.82, 2.24) is 0 Å². The van der Waals surface area contributed by atoms with Crippen molar-refractivity contribution in [2.75, 3.05) is 0 Å². The summed E-state index contributed by atoms with van der Waals surface area (Å²) in [5.41, 5.74) is 1.14. The van der Waals surface area contributed by atoms with E-state index in [0.717, 1.165) is 12.8 Å². The van der Waals surface area contributed by atoms with Crippen molar-refractivity contribution in [2.24, 2.45) is 0 Å². The molecule has 1 aliphatic rings. The van der Waals surface area contributed by atoms with Gasteiger partial charge in [0.25, 0.3) is 0 Å². The molecule has 5 nitrogen and oxygen atoms in total. The predicted octanol–water partition coefficient (Wildman–Crippen LogP) is 1.88. The van der Waals surface area contributed by atoms with Gasteiger partial charge >= 0.3 is 11.9 Å². The van der Waals surface area contributed by atoms with Gasteiger partial charge in [-0.1, -0.05) is 4.74 Å². The average molecular weight is 186 g/mol. The molecule has 0 atom stereocenters. The van der Waals surface area contributed by atoms with Crippen LogP contribution >= 0.6 is 0 Å². The second-order valence-corrected chi connectivity index (χ2v) is 3.01. The van der Waals surface area contributed by atoms with Crippen molar-refractivity contribution in [3.8, 4) is 11.9 Å². The molecule has 0 aromatic carbocycles. The van der Waals surface area contributed by atoms with Crippen LogP contribution in [0.2, 0.25) is 0 Å². The van der Waals surface area contributed by atoms with Gasteiger partial charge in [-0.05, 0) is 25.7 Å². The summed E-state index contributed by atoms with van der Waals surface area (Å²) in [5, 5.41) is 18.6. The van der Waals surface area contributed by atoms with Crippen LogP contribution in [-0.4, -0.2) is 10.2 Å². The van der Waals surface area contributed by atoms with Gasteiger partial charge in [0.05, 0.1) is 0 Å². The lowest BCUT2D eigenvalue weighted by Crippen LogP contribution is -2.00. The normalized spacial score (nSPS) is 15.1. The Kier molecular flexibility index (Phi) is 1.92. The van der Waals surface area contributed by atoms with Crippen molar-refractivity contribution in [3.05, 3.63) is 11.1 Å². The second-order valence-electron chi connectivity index (χ2n) is 3.01. The van der Waals surface area contributed by atoms with Gasteiger partial charge < -0.3 is 10.2 Å². The standard InChI is InChI=1S/C8H10O5/c9-7-5-3-1-2-4-6(5)8(10)12-13-11-7/h9-10H,1-4H2. The van der Waals surface area contributed by atoms with E-state index in [1.165, 1.54) is 0 Å². The molecule has 0 spiro atoms. The summed E-state index contributed by atoms with van der Waals surface area (Å²) in [4.78, 5) is 0. The lowest BCUT2D eigenvalue weighted by Gasteiger charge is -2.10. The first-order valence-corrected chi connectivity index (χ1v) is 4.15. The van der Waals surface area contributed by atoms with Crippen LogP contribution in [0.15, 0.2) is 13.9 Å². The molecule has 0 saturated carbocycles. The quantitative estimate of drug-likeness (QED) is 0.604. The summed E-state index contributed by atoms with van der Waals surface area (Å²) in [5.74, 6) is -0.641. The third kappa shape index (κ3) is 1.37. The molecule has 13 heavy (non-hydrogen) atoms. The van der Waals surface area contributed by atoms with Crippen molar-refractivity contribution in [1.29, 1.82) is 0 Å². The molecule has 0 radical (unpaired) electrons. The highest BCUT2D eigenvalue weighted by Gasteiger charge is 2.19. The van der Waals surface area contributed by atoms with E-state index in [-0.39, 0.29) is 11.9 Å². The summed E-state index contributed by atoms with van der Waals surface area (Å²) >= 11 is 0. The molecule has 2 N–H and O–H groups in total. The molecule has 1 aromatic rings. The Morgan fingerprint density at radius 1 is 0.846 bits per heavy atom. The molecule has 0 bridgehead atoms. The maximum absolute atomic E-state index is 9.31. The van der Waals surface area contributed by atoms with Crippen LogP contribution in [0.4, 0.5) is 0 Å². The molecule has 1 aliphatic carbocycles. The van der Waals surface area contributed by atoms with Crippen LogP contribution in [0.3, 0.4) is 0 Å². The van der Waals surface area contributed by atoms with Gasteiger partial charge in [0.1, 0.15) is 0 Å². The molecule has 0 unspecified atom stereocenters. The fraction of sp³-hybridized carbons (Fsp3) is 0.500. The molecule has 2 rings (SSSR count). The first kappa shape index (κ1) is 8.10. The van der Waals surface area contributed by atoms with Crippen LogP contribution in [0.1, 0.15) is 24.0 Å². The van der Waals surface area contributed by atoms with Crippen LogP contribution in [0.25, 0.3) is 0 Å². The highest BCUT2D eigenvalue weighted by atomic mass is 17.2. The SMILES string of the molecule is Oc1oooc(O)c2c1CCCC2. The molecule has 72 valence electrons. The number of aromatic hydroxyl groups is 2. The zero-order chi connectivity index (χ0) is 9.26.